The molecule has 0 amide bonds. The highest BCUT2D eigenvalue weighted by atomic mass is 32.2. The predicted octanol–water partition coefficient (Wildman–Crippen LogP) is 2.88. The molecule has 2 aliphatic carbocycles. The Hall–Kier alpha value is -0.510. The van der Waals surface area contributed by atoms with E-state index in [1.165, 1.54) is 25.7 Å². The molecule has 4 unspecified atom stereocenters. The summed E-state index contributed by atoms with van der Waals surface area (Å²) in [5, 5.41) is 13.7. The SMILES string of the molecule is CSC(CO)C(C)NC1C2CCC1Cc1ccccc1C2. The van der Waals surface area contributed by atoms with Crippen molar-refractivity contribution in [1.82, 2.24) is 5.32 Å². The maximum absolute atomic E-state index is 9.51. The summed E-state index contributed by atoms with van der Waals surface area (Å²) in [6.07, 6.45) is 7.25. The molecule has 116 valence electrons. The van der Waals surface area contributed by atoms with Gasteiger partial charge in [-0.25, -0.2) is 0 Å². The highest BCUT2D eigenvalue weighted by Crippen LogP contribution is 2.40. The van der Waals surface area contributed by atoms with Gasteiger partial charge in [-0.1, -0.05) is 24.3 Å². The van der Waals surface area contributed by atoms with Crippen LogP contribution in [0.2, 0.25) is 0 Å². The fourth-order valence-corrected chi connectivity index (χ4v) is 4.91. The van der Waals surface area contributed by atoms with Crippen molar-refractivity contribution in [1.29, 1.82) is 0 Å². The van der Waals surface area contributed by atoms with Gasteiger partial charge in [-0.05, 0) is 61.8 Å². The lowest BCUT2D eigenvalue weighted by Gasteiger charge is -2.31. The minimum absolute atomic E-state index is 0.262. The summed E-state index contributed by atoms with van der Waals surface area (Å²) in [4.78, 5) is 0. The van der Waals surface area contributed by atoms with E-state index in [0.29, 0.717) is 17.3 Å². The number of thioether (sulfide) groups is 1. The standard InChI is InChI=1S/C18H27NOS/c1-12(17(11-20)21-2)19-18-15-7-8-16(18)10-14-6-4-3-5-13(14)9-15/h3-6,12,15-20H,7-11H2,1-2H3. The summed E-state index contributed by atoms with van der Waals surface area (Å²) in [7, 11) is 0. The molecule has 0 saturated heterocycles. The summed E-state index contributed by atoms with van der Waals surface area (Å²) in [5.41, 5.74) is 3.13. The minimum atomic E-state index is 0.262. The van der Waals surface area contributed by atoms with E-state index >= 15 is 0 Å². The van der Waals surface area contributed by atoms with Crippen LogP contribution < -0.4 is 5.32 Å². The van der Waals surface area contributed by atoms with E-state index < -0.39 is 0 Å². The highest BCUT2D eigenvalue weighted by molar-refractivity contribution is 7.99. The number of hydrogen-bond acceptors (Lipinski definition) is 3. The molecule has 3 rings (SSSR count). The molecule has 2 nitrogen and oxygen atoms in total. The van der Waals surface area contributed by atoms with Gasteiger partial charge in [0.15, 0.2) is 0 Å². The van der Waals surface area contributed by atoms with Gasteiger partial charge < -0.3 is 10.4 Å². The smallest absolute Gasteiger partial charge is 0.0564 e. The molecule has 2 N–H and O–H groups in total. The zero-order valence-corrected chi connectivity index (χ0v) is 13.9. The lowest BCUT2D eigenvalue weighted by molar-refractivity contribution is 0.251. The normalized spacial score (nSPS) is 30.5. The zero-order chi connectivity index (χ0) is 14.8. The third-order valence-corrected chi connectivity index (χ3v) is 6.67. The molecule has 0 aliphatic heterocycles. The zero-order valence-electron chi connectivity index (χ0n) is 13.1. The first-order chi connectivity index (χ1) is 10.2. The lowest BCUT2D eigenvalue weighted by atomic mass is 9.94. The van der Waals surface area contributed by atoms with E-state index in [1.807, 2.05) is 0 Å². The first kappa shape index (κ1) is 15.4. The van der Waals surface area contributed by atoms with Crippen LogP contribution in [0.3, 0.4) is 0 Å². The van der Waals surface area contributed by atoms with Gasteiger partial charge in [-0.3, -0.25) is 0 Å². The van der Waals surface area contributed by atoms with Gasteiger partial charge in [0.05, 0.1) is 6.61 Å². The van der Waals surface area contributed by atoms with E-state index in [0.717, 1.165) is 11.8 Å². The number of nitrogens with one attached hydrogen (secondary N) is 1. The number of aliphatic hydroxyl groups is 1. The lowest BCUT2D eigenvalue weighted by Crippen LogP contribution is -2.48. The third kappa shape index (κ3) is 3.15. The summed E-state index contributed by atoms with van der Waals surface area (Å²) < 4.78 is 0. The van der Waals surface area contributed by atoms with Crippen LogP contribution >= 0.6 is 11.8 Å². The monoisotopic (exact) mass is 305 g/mol. The molecule has 0 heterocycles. The summed E-state index contributed by atoms with van der Waals surface area (Å²) in [6.45, 7) is 2.49. The molecular formula is C18H27NOS. The Morgan fingerprint density at radius 3 is 2.24 bits per heavy atom. The molecule has 1 fully saturated rings. The second-order valence-electron chi connectivity index (χ2n) is 6.71. The largest absolute Gasteiger partial charge is 0.395 e. The molecule has 21 heavy (non-hydrogen) atoms. The van der Waals surface area contributed by atoms with Gasteiger partial charge >= 0.3 is 0 Å². The van der Waals surface area contributed by atoms with Crippen molar-refractivity contribution < 1.29 is 5.11 Å². The molecule has 0 spiro atoms. The molecule has 1 aromatic rings. The molecule has 4 atom stereocenters. The Kier molecular flexibility index (Phi) is 4.92. The minimum Gasteiger partial charge on any atom is -0.395 e. The Labute approximate surface area is 132 Å². The van der Waals surface area contributed by atoms with E-state index in [4.69, 9.17) is 0 Å². The molecule has 3 heteroatoms. The Bertz CT molecular complexity index is 441. The van der Waals surface area contributed by atoms with Crippen molar-refractivity contribution in [3.8, 4) is 0 Å². The first-order valence-corrected chi connectivity index (χ1v) is 9.48. The van der Waals surface area contributed by atoms with Gasteiger partial charge in [0.25, 0.3) is 0 Å². The van der Waals surface area contributed by atoms with E-state index in [1.54, 1.807) is 22.9 Å². The summed E-state index contributed by atoms with van der Waals surface area (Å²) in [6, 6.07) is 9.98. The van der Waals surface area contributed by atoms with Crippen LogP contribution in [0, 0.1) is 11.8 Å². The van der Waals surface area contributed by atoms with Crippen molar-refractivity contribution in [2.75, 3.05) is 12.9 Å². The Morgan fingerprint density at radius 1 is 1.19 bits per heavy atom. The second kappa shape index (κ2) is 6.72. The summed E-state index contributed by atoms with van der Waals surface area (Å²) >= 11 is 1.77. The van der Waals surface area contributed by atoms with Crippen molar-refractivity contribution in [3.63, 3.8) is 0 Å². The van der Waals surface area contributed by atoms with Crippen LogP contribution in [0.25, 0.3) is 0 Å². The number of hydrogen-bond donors (Lipinski definition) is 2. The topological polar surface area (TPSA) is 32.3 Å². The quantitative estimate of drug-likeness (QED) is 0.877. The molecule has 2 aliphatic rings. The van der Waals surface area contributed by atoms with Crippen molar-refractivity contribution in [3.05, 3.63) is 35.4 Å². The average molecular weight is 305 g/mol. The summed E-state index contributed by atoms with van der Waals surface area (Å²) in [5.74, 6) is 1.53. The first-order valence-electron chi connectivity index (χ1n) is 8.19. The van der Waals surface area contributed by atoms with Gasteiger partial charge in [-0.15, -0.1) is 0 Å². The van der Waals surface area contributed by atoms with E-state index in [-0.39, 0.29) is 6.61 Å². The van der Waals surface area contributed by atoms with Gasteiger partial charge in [0.1, 0.15) is 0 Å². The van der Waals surface area contributed by atoms with Gasteiger partial charge in [0, 0.05) is 17.3 Å². The van der Waals surface area contributed by atoms with Crippen LogP contribution in [-0.2, 0) is 12.8 Å². The Morgan fingerprint density at radius 2 is 1.76 bits per heavy atom. The van der Waals surface area contributed by atoms with Crippen LogP contribution in [0.4, 0.5) is 0 Å². The number of fused-ring (bicyclic) bond motifs is 3. The fourth-order valence-electron chi connectivity index (χ4n) is 4.27. The van der Waals surface area contributed by atoms with E-state index in [2.05, 4.69) is 42.8 Å². The number of rotatable bonds is 5. The van der Waals surface area contributed by atoms with Crippen molar-refractivity contribution >= 4 is 11.8 Å². The maximum atomic E-state index is 9.51. The average Bonchev–Trinajstić information content (AvgIpc) is 2.75. The number of benzene rings is 1. The molecule has 1 saturated carbocycles. The maximum Gasteiger partial charge on any atom is 0.0564 e. The highest BCUT2D eigenvalue weighted by Gasteiger charge is 2.39. The van der Waals surface area contributed by atoms with Gasteiger partial charge in [-0.2, -0.15) is 11.8 Å². The predicted molar refractivity (Wildman–Crippen MR) is 90.8 cm³/mol. The Balaban J connectivity index is 1.74. The van der Waals surface area contributed by atoms with Crippen molar-refractivity contribution in [2.24, 2.45) is 11.8 Å². The molecule has 2 bridgehead atoms. The third-order valence-electron chi connectivity index (χ3n) is 5.50. The number of aliphatic hydroxyl groups excluding tert-OH is 1. The fraction of sp³-hybridized carbons (Fsp3) is 0.667. The van der Waals surface area contributed by atoms with Crippen molar-refractivity contribution in [2.45, 2.75) is 49.9 Å². The van der Waals surface area contributed by atoms with Crippen LogP contribution in [0.5, 0.6) is 0 Å². The van der Waals surface area contributed by atoms with Crippen LogP contribution in [0.1, 0.15) is 30.9 Å². The molecule has 1 aromatic carbocycles. The molecule has 0 radical (unpaired) electrons. The van der Waals surface area contributed by atoms with Crippen LogP contribution in [0.15, 0.2) is 24.3 Å². The molecule has 0 aromatic heterocycles. The van der Waals surface area contributed by atoms with Crippen LogP contribution in [-0.4, -0.2) is 35.3 Å². The van der Waals surface area contributed by atoms with Gasteiger partial charge in [0.2, 0.25) is 0 Å². The van der Waals surface area contributed by atoms with E-state index in [9.17, 15) is 5.11 Å². The molecular weight excluding hydrogens is 278 g/mol. The second-order valence-corrected chi connectivity index (χ2v) is 7.79.